The Labute approximate surface area is 192 Å². The van der Waals surface area contributed by atoms with Crippen LogP contribution in [0.1, 0.15) is 62.0 Å². The van der Waals surface area contributed by atoms with Gasteiger partial charge in [-0.05, 0) is 59.7 Å². The van der Waals surface area contributed by atoms with E-state index >= 15 is 0 Å². The molecule has 1 aliphatic carbocycles. The fraction of sp³-hybridized carbons (Fsp3) is 0.267. The van der Waals surface area contributed by atoms with Gasteiger partial charge >= 0.3 is 0 Å². The van der Waals surface area contributed by atoms with Crippen molar-refractivity contribution >= 4 is 5.57 Å². The fourth-order valence-electron chi connectivity index (χ4n) is 4.94. The first-order valence-corrected chi connectivity index (χ1v) is 11.5. The van der Waals surface area contributed by atoms with Crippen LogP contribution in [0.3, 0.4) is 0 Å². The first-order chi connectivity index (χ1) is 15.5. The Morgan fingerprint density at radius 2 is 1.31 bits per heavy atom. The number of nitrogens with one attached hydrogen (secondary N) is 1. The maximum Gasteiger partial charge on any atom is 0.0518 e. The van der Waals surface area contributed by atoms with Crippen molar-refractivity contribution in [1.29, 1.82) is 0 Å². The van der Waals surface area contributed by atoms with Crippen LogP contribution < -0.4 is 11.1 Å². The molecule has 3 atom stereocenters. The van der Waals surface area contributed by atoms with Crippen LogP contribution in [0.25, 0.3) is 5.57 Å². The molecule has 32 heavy (non-hydrogen) atoms. The van der Waals surface area contributed by atoms with E-state index in [1.54, 1.807) is 0 Å². The van der Waals surface area contributed by atoms with Gasteiger partial charge in [-0.2, -0.15) is 0 Å². The van der Waals surface area contributed by atoms with Crippen molar-refractivity contribution in [2.75, 3.05) is 0 Å². The van der Waals surface area contributed by atoms with E-state index in [2.05, 4.69) is 112 Å². The zero-order chi connectivity index (χ0) is 22.7. The molecule has 0 radical (unpaired) electrons. The van der Waals surface area contributed by atoms with Gasteiger partial charge in [0, 0.05) is 18.5 Å². The molecule has 4 rings (SSSR count). The summed E-state index contributed by atoms with van der Waals surface area (Å²) in [5.41, 5.74) is 17.6. The second kappa shape index (κ2) is 9.68. The number of rotatable bonds is 7. The lowest BCUT2D eigenvalue weighted by molar-refractivity contribution is 0.451. The van der Waals surface area contributed by atoms with Crippen LogP contribution >= 0.6 is 0 Å². The average molecular weight is 423 g/mol. The van der Waals surface area contributed by atoms with E-state index in [9.17, 15) is 0 Å². The molecule has 0 aromatic heterocycles. The van der Waals surface area contributed by atoms with Gasteiger partial charge in [-0.15, -0.1) is 0 Å². The summed E-state index contributed by atoms with van der Waals surface area (Å²) in [6.45, 7) is 9.87. The molecule has 3 aromatic rings. The standard InChI is InChI=1S/C30H34N2/c1-20-21(2)23(4)28(22(20)3)27-18-12-11-17-26(27)19-32-30(25-15-9-6-10-16-25)29(31)24-13-7-5-8-14-24/h5-18,22,29-30,32H,19,31H2,1-4H3/t22?,29-,30-/m1/s1. The van der Waals surface area contributed by atoms with Crippen LogP contribution in [0.2, 0.25) is 0 Å². The monoisotopic (exact) mass is 422 g/mol. The molecule has 2 heteroatoms. The molecule has 3 aromatic carbocycles. The summed E-state index contributed by atoms with van der Waals surface area (Å²) in [5.74, 6) is 0.452. The zero-order valence-corrected chi connectivity index (χ0v) is 19.6. The second-order valence-corrected chi connectivity index (χ2v) is 8.93. The van der Waals surface area contributed by atoms with Crippen molar-refractivity contribution in [1.82, 2.24) is 5.32 Å². The second-order valence-electron chi connectivity index (χ2n) is 8.93. The van der Waals surface area contributed by atoms with Crippen LogP contribution in [-0.4, -0.2) is 0 Å². The number of nitrogens with two attached hydrogens (primary N) is 1. The van der Waals surface area contributed by atoms with Crippen LogP contribution in [0.4, 0.5) is 0 Å². The molecule has 0 aliphatic heterocycles. The Morgan fingerprint density at radius 3 is 1.91 bits per heavy atom. The van der Waals surface area contributed by atoms with Crippen molar-refractivity contribution < 1.29 is 0 Å². The molecule has 0 fully saturated rings. The number of hydrogen-bond acceptors (Lipinski definition) is 2. The molecule has 0 saturated carbocycles. The summed E-state index contributed by atoms with van der Waals surface area (Å²) < 4.78 is 0. The molecule has 0 bridgehead atoms. The highest BCUT2D eigenvalue weighted by Gasteiger charge is 2.27. The first kappa shape index (κ1) is 22.3. The van der Waals surface area contributed by atoms with Crippen molar-refractivity contribution in [3.8, 4) is 0 Å². The molecule has 0 saturated heterocycles. The van der Waals surface area contributed by atoms with Gasteiger partial charge in [-0.1, -0.05) is 97.4 Å². The predicted molar refractivity (Wildman–Crippen MR) is 136 cm³/mol. The van der Waals surface area contributed by atoms with E-state index in [-0.39, 0.29) is 12.1 Å². The van der Waals surface area contributed by atoms with Gasteiger partial charge in [-0.3, -0.25) is 0 Å². The van der Waals surface area contributed by atoms with Gasteiger partial charge in [0.1, 0.15) is 0 Å². The van der Waals surface area contributed by atoms with E-state index < -0.39 is 0 Å². The lowest BCUT2D eigenvalue weighted by Crippen LogP contribution is -2.31. The molecule has 1 aliphatic rings. The smallest absolute Gasteiger partial charge is 0.0518 e. The van der Waals surface area contributed by atoms with Gasteiger partial charge in [0.05, 0.1) is 6.04 Å². The summed E-state index contributed by atoms with van der Waals surface area (Å²) >= 11 is 0. The van der Waals surface area contributed by atoms with Crippen LogP contribution in [0, 0.1) is 5.92 Å². The first-order valence-electron chi connectivity index (χ1n) is 11.5. The minimum atomic E-state index is -0.136. The molecule has 0 spiro atoms. The molecule has 0 amide bonds. The van der Waals surface area contributed by atoms with Crippen LogP contribution in [-0.2, 0) is 6.54 Å². The Hall–Kier alpha value is -2.94. The Balaban J connectivity index is 1.64. The van der Waals surface area contributed by atoms with Crippen molar-refractivity contribution in [3.63, 3.8) is 0 Å². The Kier molecular flexibility index (Phi) is 6.74. The minimum absolute atomic E-state index is 0.0179. The average Bonchev–Trinajstić information content (AvgIpc) is 3.03. The highest BCUT2D eigenvalue weighted by Crippen LogP contribution is 2.43. The summed E-state index contributed by atoms with van der Waals surface area (Å²) in [4.78, 5) is 0. The lowest BCUT2D eigenvalue weighted by Gasteiger charge is -2.27. The molecule has 1 unspecified atom stereocenters. The molecule has 2 nitrogen and oxygen atoms in total. The number of hydrogen-bond donors (Lipinski definition) is 2. The SMILES string of the molecule is CC1=C(C)C(C)C(c2ccccc2CN[C@H](c2ccccc2)[C@H](N)c2ccccc2)=C1C. The summed E-state index contributed by atoms with van der Waals surface area (Å²) in [7, 11) is 0. The van der Waals surface area contributed by atoms with E-state index in [1.165, 1.54) is 39.0 Å². The van der Waals surface area contributed by atoms with Crippen molar-refractivity contribution in [2.45, 2.75) is 46.3 Å². The summed E-state index contributed by atoms with van der Waals surface area (Å²) in [6.07, 6.45) is 0. The van der Waals surface area contributed by atoms with E-state index in [1.807, 2.05) is 6.07 Å². The molecular weight excluding hydrogens is 388 g/mol. The van der Waals surface area contributed by atoms with Gasteiger partial charge in [0.25, 0.3) is 0 Å². The Bertz CT molecular complexity index is 1130. The number of benzene rings is 3. The normalized spacial score (nSPS) is 18.2. The van der Waals surface area contributed by atoms with Crippen LogP contribution in [0.5, 0.6) is 0 Å². The van der Waals surface area contributed by atoms with Gasteiger partial charge in [0.15, 0.2) is 0 Å². The Morgan fingerprint density at radius 1 is 0.750 bits per heavy atom. The topological polar surface area (TPSA) is 38.0 Å². The quantitative estimate of drug-likeness (QED) is 0.431. The molecule has 3 N–H and O–H groups in total. The van der Waals surface area contributed by atoms with Crippen molar-refractivity contribution in [3.05, 3.63) is 124 Å². The van der Waals surface area contributed by atoms with Crippen molar-refractivity contribution in [2.24, 2.45) is 11.7 Å². The molecule has 0 heterocycles. The highest BCUT2D eigenvalue weighted by atomic mass is 15.0. The van der Waals surface area contributed by atoms with E-state index in [0.717, 1.165) is 12.1 Å². The zero-order valence-electron chi connectivity index (χ0n) is 19.6. The third-order valence-corrected chi connectivity index (χ3v) is 7.16. The maximum atomic E-state index is 6.80. The minimum Gasteiger partial charge on any atom is -0.322 e. The van der Waals surface area contributed by atoms with Gasteiger partial charge < -0.3 is 11.1 Å². The molecular formula is C30H34N2. The fourth-order valence-corrected chi connectivity index (χ4v) is 4.94. The van der Waals surface area contributed by atoms with Gasteiger partial charge in [0.2, 0.25) is 0 Å². The maximum absolute atomic E-state index is 6.80. The van der Waals surface area contributed by atoms with Gasteiger partial charge in [-0.25, -0.2) is 0 Å². The lowest BCUT2D eigenvalue weighted by atomic mass is 9.88. The summed E-state index contributed by atoms with van der Waals surface area (Å²) in [5, 5.41) is 3.81. The van der Waals surface area contributed by atoms with E-state index in [4.69, 9.17) is 5.73 Å². The highest BCUT2D eigenvalue weighted by molar-refractivity contribution is 5.81. The van der Waals surface area contributed by atoms with Crippen LogP contribution in [0.15, 0.2) is 102 Å². The molecule has 164 valence electrons. The number of allylic oxidation sites excluding steroid dienone is 4. The summed E-state index contributed by atoms with van der Waals surface area (Å²) in [6, 6.07) is 29.6. The largest absolute Gasteiger partial charge is 0.322 e. The third kappa shape index (κ3) is 4.34. The predicted octanol–water partition coefficient (Wildman–Crippen LogP) is 6.98. The van der Waals surface area contributed by atoms with E-state index in [0.29, 0.717) is 5.92 Å². The third-order valence-electron chi connectivity index (χ3n) is 7.16.